The van der Waals surface area contributed by atoms with Crippen LogP contribution in [-0.2, 0) is 9.53 Å². The van der Waals surface area contributed by atoms with E-state index in [1.807, 2.05) is 25.7 Å². The summed E-state index contributed by atoms with van der Waals surface area (Å²) in [5.74, 6) is 0.939. The van der Waals surface area contributed by atoms with Crippen LogP contribution < -0.4 is 5.32 Å². The van der Waals surface area contributed by atoms with Crippen molar-refractivity contribution in [2.45, 2.75) is 52.2 Å². The summed E-state index contributed by atoms with van der Waals surface area (Å²) < 4.78 is 5.44. The number of H-pyrrole nitrogens is 1. The zero-order valence-corrected chi connectivity index (χ0v) is 16.3. The number of ether oxygens (including phenoxy) is 1. The predicted molar refractivity (Wildman–Crippen MR) is 93.3 cm³/mol. The first-order chi connectivity index (χ1) is 11.3. The second-order valence-electron chi connectivity index (χ2n) is 6.69. The first-order valence-electron chi connectivity index (χ1n) is 8.13. The van der Waals surface area contributed by atoms with Crippen LogP contribution in [-0.4, -0.2) is 46.1 Å². The van der Waals surface area contributed by atoms with Crippen molar-refractivity contribution in [1.82, 2.24) is 20.2 Å². The second-order valence-corrected chi connectivity index (χ2v) is 7.54. The minimum Gasteiger partial charge on any atom is -0.453 e. The van der Waals surface area contributed by atoms with E-state index in [-0.39, 0.29) is 23.9 Å². The number of likely N-dealkylation sites (tertiary alicyclic amines) is 1. The van der Waals surface area contributed by atoms with Crippen LogP contribution >= 0.6 is 15.9 Å². The zero-order valence-electron chi connectivity index (χ0n) is 14.7. The van der Waals surface area contributed by atoms with E-state index in [4.69, 9.17) is 0 Å². The van der Waals surface area contributed by atoms with Gasteiger partial charge in [0, 0.05) is 6.04 Å². The number of alkyl carbamates (subject to hydrolysis) is 1. The number of carbonyl (C=O) groups is 2. The van der Waals surface area contributed by atoms with E-state index in [1.54, 1.807) is 6.20 Å². The first kappa shape index (κ1) is 18.8. The van der Waals surface area contributed by atoms with Crippen LogP contribution in [0.15, 0.2) is 10.8 Å². The molecule has 24 heavy (non-hydrogen) atoms. The molecule has 1 saturated heterocycles. The first-order valence-corrected chi connectivity index (χ1v) is 8.92. The lowest BCUT2D eigenvalue weighted by molar-refractivity contribution is -0.137. The summed E-state index contributed by atoms with van der Waals surface area (Å²) in [7, 11) is 1.29. The summed E-state index contributed by atoms with van der Waals surface area (Å²) in [6, 6.07) is -0.701. The molecule has 0 saturated carbocycles. The molecule has 134 valence electrons. The number of carbonyl (C=O) groups excluding carboxylic acids is 2. The number of amides is 2. The highest BCUT2D eigenvalue weighted by Crippen LogP contribution is 2.39. The van der Waals surface area contributed by atoms with Crippen LogP contribution in [0.5, 0.6) is 0 Å². The maximum absolute atomic E-state index is 13.2. The van der Waals surface area contributed by atoms with Gasteiger partial charge in [-0.15, -0.1) is 0 Å². The van der Waals surface area contributed by atoms with Gasteiger partial charge < -0.3 is 19.9 Å². The number of halogens is 1. The molecule has 1 fully saturated rings. The van der Waals surface area contributed by atoms with E-state index in [9.17, 15) is 9.59 Å². The SMILES string of the molecule is COC(=O)N[C@H](C(=O)N1[C@H](C)[C@H](C)C[C@H]1c1ncc(Br)[nH]1)C(C)C. The summed E-state index contributed by atoms with van der Waals surface area (Å²) in [4.78, 5) is 34.2. The van der Waals surface area contributed by atoms with Crippen molar-refractivity contribution < 1.29 is 14.3 Å². The Labute approximate surface area is 150 Å². The largest absolute Gasteiger partial charge is 0.453 e. The Bertz CT molecular complexity index is 604. The number of nitrogens with zero attached hydrogens (tertiary/aromatic N) is 2. The van der Waals surface area contributed by atoms with Gasteiger partial charge in [0.25, 0.3) is 0 Å². The molecule has 2 heterocycles. The van der Waals surface area contributed by atoms with Crippen molar-refractivity contribution in [2.24, 2.45) is 11.8 Å². The third-order valence-corrected chi connectivity index (χ3v) is 5.12. The molecule has 0 spiro atoms. The van der Waals surface area contributed by atoms with Crippen molar-refractivity contribution >= 4 is 27.9 Å². The van der Waals surface area contributed by atoms with Gasteiger partial charge in [0.05, 0.1) is 19.3 Å². The van der Waals surface area contributed by atoms with Crippen molar-refractivity contribution in [1.29, 1.82) is 0 Å². The van der Waals surface area contributed by atoms with Gasteiger partial charge in [-0.05, 0) is 41.1 Å². The van der Waals surface area contributed by atoms with Gasteiger partial charge in [-0.3, -0.25) is 4.79 Å². The summed E-state index contributed by atoms with van der Waals surface area (Å²) in [5, 5.41) is 2.66. The van der Waals surface area contributed by atoms with Crippen LogP contribution in [0.3, 0.4) is 0 Å². The molecule has 0 unspecified atom stereocenters. The molecule has 1 aromatic rings. The molecule has 4 atom stereocenters. The third kappa shape index (κ3) is 3.74. The minimum absolute atomic E-state index is 0.0521. The van der Waals surface area contributed by atoms with Crippen LogP contribution in [0.25, 0.3) is 0 Å². The van der Waals surface area contributed by atoms with Gasteiger partial charge in [-0.2, -0.15) is 0 Å². The average molecular weight is 401 g/mol. The fourth-order valence-electron chi connectivity index (χ4n) is 3.16. The van der Waals surface area contributed by atoms with Crippen LogP contribution in [0.1, 0.15) is 46.0 Å². The van der Waals surface area contributed by atoms with Gasteiger partial charge in [-0.25, -0.2) is 9.78 Å². The van der Waals surface area contributed by atoms with Crippen molar-refractivity contribution in [3.63, 3.8) is 0 Å². The molecular formula is C16H25BrN4O3. The number of aromatic amines is 1. The van der Waals surface area contributed by atoms with Gasteiger partial charge in [0.1, 0.15) is 16.5 Å². The van der Waals surface area contributed by atoms with E-state index >= 15 is 0 Å². The minimum atomic E-state index is -0.633. The predicted octanol–water partition coefficient (Wildman–Crippen LogP) is 2.85. The number of hydrogen-bond acceptors (Lipinski definition) is 4. The van der Waals surface area contributed by atoms with Gasteiger partial charge in [0.2, 0.25) is 5.91 Å². The lowest BCUT2D eigenvalue weighted by atomic mass is 10.0. The molecule has 1 aromatic heterocycles. The summed E-state index contributed by atoms with van der Waals surface area (Å²) in [6.45, 7) is 7.97. The maximum Gasteiger partial charge on any atom is 0.407 e. The second kappa shape index (κ2) is 7.55. The average Bonchev–Trinajstić information content (AvgIpc) is 3.08. The van der Waals surface area contributed by atoms with E-state index < -0.39 is 12.1 Å². The number of hydrogen-bond donors (Lipinski definition) is 2. The van der Waals surface area contributed by atoms with Gasteiger partial charge in [0.15, 0.2) is 0 Å². The van der Waals surface area contributed by atoms with E-state index in [0.717, 1.165) is 16.8 Å². The molecule has 0 aromatic carbocycles. The normalized spacial score (nSPS) is 25.0. The van der Waals surface area contributed by atoms with Crippen molar-refractivity contribution in [3.8, 4) is 0 Å². The van der Waals surface area contributed by atoms with E-state index in [0.29, 0.717) is 5.92 Å². The standard InChI is InChI=1S/C16H25BrN4O3/c1-8(2)13(20-16(23)24-5)15(22)21-10(4)9(3)6-11(21)14-18-7-12(17)19-14/h7-11,13H,6H2,1-5H3,(H,18,19)(H,20,23)/t9-,10-,11+,13+/m1/s1. The Hall–Kier alpha value is -1.57. The quantitative estimate of drug-likeness (QED) is 0.812. The van der Waals surface area contributed by atoms with Crippen LogP contribution in [0.4, 0.5) is 4.79 Å². The molecule has 2 N–H and O–H groups in total. The van der Waals surface area contributed by atoms with Gasteiger partial charge >= 0.3 is 6.09 Å². The maximum atomic E-state index is 13.2. The Morgan fingerprint density at radius 3 is 2.62 bits per heavy atom. The highest BCUT2D eigenvalue weighted by molar-refractivity contribution is 9.10. The fraction of sp³-hybridized carbons (Fsp3) is 0.688. The number of aromatic nitrogens is 2. The van der Waals surface area contributed by atoms with Crippen molar-refractivity contribution in [3.05, 3.63) is 16.6 Å². The summed E-state index contributed by atoms with van der Waals surface area (Å²) >= 11 is 3.37. The molecule has 1 aliphatic heterocycles. The lowest BCUT2D eigenvalue weighted by Gasteiger charge is -2.33. The number of methoxy groups -OCH3 is 1. The van der Waals surface area contributed by atoms with Crippen molar-refractivity contribution in [2.75, 3.05) is 7.11 Å². The molecule has 7 nitrogen and oxygen atoms in total. The van der Waals surface area contributed by atoms with Crippen LogP contribution in [0, 0.1) is 11.8 Å². The molecule has 0 radical (unpaired) electrons. The highest BCUT2D eigenvalue weighted by atomic mass is 79.9. The summed E-state index contributed by atoms with van der Waals surface area (Å²) in [5.41, 5.74) is 0. The number of imidazole rings is 1. The molecule has 2 rings (SSSR count). The number of nitrogens with one attached hydrogen (secondary N) is 2. The molecule has 0 aliphatic carbocycles. The van der Waals surface area contributed by atoms with E-state index in [1.165, 1.54) is 7.11 Å². The third-order valence-electron chi connectivity index (χ3n) is 4.72. The fourth-order valence-corrected chi connectivity index (χ4v) is 3.47. The molecule has 2 amide bonds. The zero-order chi connectivity index (χ0) is 18.0. The smallest absolute Gasteiger partial charge is 0.407 e. The number of rotatable bonds is 4. The molecule has 0 bridgehead atoms. The summed E-state index contributed by atoms with van der Waals surface area (Å²) in [6.07, 6.45) is 1.92. The Morgan fingerprint density at radius 1 is 1.46 bits per heavy atom. The molecular weight excluding hydrogens is 376 g/mol. The Morgan fingerprint density at radius 2 is 2.12 bits per heavy atom. The Kier molecular flexibility index (Phi) is 5.90. The van der Waals surface area contributed by atoms with Gasteiger partial charge in [-0.1, -0.05) is 20.8 Å². The van der Waals surface area contributed by atoms with Crippen LogP contribution in [0.2, 0.25) is 0 Å². The molecule has 1 aliphatic rings. The molecule has 8 heteroatoms. The lowest BCUT2D eigenvalue weighted by Crippen LogP contribution is -2.53. The van der Waals surface area contributed by atoms with E-state index in [2.05, 4.69) is 42.9 Å². The highest BCUT2D eigenvalue weighted by Gasteiger charge is 2.44. The Balaban J connectivity index is 2.29. The monoisotopic (exact) mass is 400 g/mol. The topological polar surface area (TPSA) is 87.3 Å².